The lowest BCUT2D eigenvalue weighted by atomic mass is 10.0. The Hall–Kier alpha value is -2.71. The largest absolute Gasteiger partial charge is 0.465 e. The second kappa shape index (κ2) is 10.0. The van der Waals surface area contributed by atoms with Gasteiger partial charge in [-0.3, -0.25) is 4.79 Å². The highest BCUT2D eigenvalue weighted by atomic mass is 32.2. The van der Waals surface area contributed by atoms with Gasteiger partial charge in [-0.2, -0.15) is 4.72 Å². The number of nitrogens with one attached hydrogen (secondary N) is 1. The molecule has 0 atom stereocenters. The minimum absolute atomic E-state index is 0.0650. The summed E-state index contributed by atoms with van der Waals surface area (Å²) in [5.74, 6) is -1.50. The molecule has 0 aliphatic rings. The Balaban J connectivity index is 2.00. The van der Waals surface area contributed by atoms with Crippen LogP contribution in [-0.2, 0) is 37.3 Å². The van der Waals surface area contributed by atoms with E-state index in [9.17, 15) is 18.0 Å². The third-order valence-corrected chi connectivity index (χ3v) is 5.47. The first-order valence-corrected chi connectivity index (χ1v) is 10.3. The molecule has 0 saturated heterocycles. The highest BCUT2D eigenvalue weighted by Gasteiger charge is 2.23. The number of methoxy groups -OCH3 is 1. The molecule has 0 amide bonds. The van der Waals surface area contributed by atoms with Gasteiger partial charge in [-0.05, 0) is 29.7 Å². The molecule has 0 aromatic heterocycles. The summed E-state index contributed by atoms with van der Waals surface area (Å²) in [4.78, 5) is 23.5. The second-order valence-corrected chi connectivity index (χ2v) is 7.73. The highest BCUT2D eigenvalue weighted by molar-refractivity contribution is 7.89. The monoisotopic (exact) mass is 405 g/mol. The lowest BCUT2D eigenvalue weighted by Gasteiger charge is -2.11. The minimum Gasteiger partial charge on any atom is -0.465 e. The zero-order valence-corrected chi connectivity index (χ0v) is 16.6. The van der Waals surface area contributed by atoms with E-state index in [0.717, 1.165) is 31.1 Å². The van der Waals surface area contributed by atoms with E-state index in [2.05, 4.69) is 16.4 Å². The van der Waals surface area contributed by atoms with Crippen molar-refractivity contribution in [1.82, 2.24) is 4.72 Å². The van der Waals surface area contributed by atoms with Gasteiger partial charge in [-0.1, -0.05) is 49.7 Å². The van der Waals surface area contributed by atoms with Crippen LogP contribution in [0.3, 0.4) is 0 Å². The third-order valence-electron chi connectivity index (χ3n) is 4.01. The Bertz CT molecular complexity index is 939. The molecule has 0 bridgehead atoms. The summed E-state index contributed by atoms with van der Waals surface area (Å²) in [6.07, 6.45) is 1.83. The van der Waals surface area contributed by atoms with Gasteiger partial charge in [-0.15, -0.1) is 0 Å². The van der Waals surface area contributed by atoms with Crippen LogP contribution in [0.4, 0.5) is 0 Å². The Morgan fingerprint density at radius 1 is 1.00 bits per heavy atom. The molecule has 2 aromatic carbocycles. The van der Waals surface area contributed by atoms with Gasteiger partial charge in [0.25, 0.3) is 0 Å². The van der Waals surface area contributed by atoms with E-state index in [4.69, 9.17) is 4.74 Å². The summed E-state index contributed by atoms with van der Waals surface area (Å²) in [5, 5.41) is 0. The van der Waals surface area contributed by atoms with Crippen molar-refractivity contribution in [3.8, 4) is 0 Å². The van der Waals surface area contributed by atoms with Gasteiger partial charge in [0.2, 0.25) is 10.0 Å². The zero-order chi connectivity index (χ0) is 20.6. The number of aryl methyl sites for hydroxylation is 1. The average Bonchev–Trinajstić information content (AvgIpc) is 2.71. The minimum atomic E-state index is -4.09. The summed E-state index contributed by atoms with van der Waals surface area (Å²) >= 11 is 0. The SMILES string of the molecule is CCCc1ccccc1COC(=O)CNS(=O)(=O)c1ccccc1C(=O)OC. The molecule has 0 unspecified atom stereocenters. The van der Waals surface area contributed by atoms with Gasteiger partial charge in [0.15, 0.2) is 0 Å². The molecular formula is C20H23NO6S. The van der Waals surface area contributed by atoms with Crippen LogP contribution in [0.5, 0.6) is 0 Å². The van der Waals surface area contributed by atoms with Gasteiger partial charge >= 0.3 is 11.9 Å². The first kappa shape index (κ1) is 21.6. The van der Waals surface area contributed by atoms with Crippen LogP contribution in [-0.4, -0.2) is 34.0 Å². The van der Waals surface area contributed by atoms with Crippen molar-refractivity contribution in [2.24, 2.45) is 0 Å². The number of ether oxygens (including phenoxy) is 2. The molecule has 0 heterocycles. The molecule has 0 spiro atoms. The first-order valence-electron chi connectivity index (χ1n) is 8.78. The predicted molar refractivity (Wildman–Crippen MR) is 103 cm³/mol. The Kier molecular flexibility index (Phi) is 7.71. The number of hydrogen-bond acceptors (Lipinski definition) is 6. The van der Waals surface area contributed by atoms with Crippen LogP contribution in [0, 0.1) is 0 Å². The standard InChI is InChI=1S/C20H23NO6S/c1-3-8-15-9-4-5-10-16(15)14-27-19(22)13-21-28(24,25)18-12-7-6-11-17(18)20(23)26-2/h4-7,9-12,21H,3,8,13-14H2,1-2H3. The number of esters is 2. The van der Waals surface area contributed by atoms with Crippen molar-refractivity contribution >= 4 is 22.0 Å². The van der Waals surface area contributed by atoms with Crippen molar-refractivity contribution < 1.29 is 27.5 Å². The molecule has 0 aliphatic carbocycles. The first-order chi connectivity index (χ1) is 13.4. The lowest BCUT2D eigenvalue weighted by molar-refractivity contribution is -0.143. The van der Waals surface area contributed by atoms with E-state index < -0.39 is 28.5 Å². The quantitative estimate of drug-likeness (QED) is 0.644. The van der Waals surface area contributed by atoms with E-state index in [-0.39, 0.29) is 17.1 Å². The van der Waals surface area contributed by atoms with E-state index in [1.807, 2.05) is 24.3 Å². The zero-order valence-electron chi connectivity index (χ0n) is 15.8. The number of benzene rings is 2. The fourth-order valence-corrected chi connectivity index (χ4v) is 3.79. The van der Waals surface area contributed by atoms with E-state index in [1.165, 1.54) is 24.3 Å². The maximum Gasteiger partial charge on any atom is 0.339 e. The Morgan fingerprint density at radius 3 is 2.32 bits per heavy atom. The van der Waals surface area contributed by atoms with Crippen LogP contribution in [0.2, 0.25) is 0 Å². The average molecular weight is 405 g/mol. The molecule has 0 radical (unpaired) electrons. The number of carbonyl (C=O) groups excluding carboxylic acids is 2. The third kappa shape index (κ3) is 5.64. The number of carbonyl (C=O) groups is 2. The van der Waals surface area contributed by atoms with Crippen molar-refractivity contribution in [2.75, 3.05) is 13.7 Å². The molecular weight excluding hydrogens is 382 g/mol. The predicted octanol–water partition coefficient (Wildman–Crippen LogP) is 2.45. The Labute approximate surface area is 164 Å². The summed E-state index contributed by atoms with van der Waals surface area (Å²) < 4.78 is 36.9. The van der Waals surface area contributed by atoms with Gasteiger partial charge in [0.1, 0.15) is 13.2 Å². The fourth-order valence-electron chi connectivity index (χ4n) is 2.63. The van der Waals surface area contributed by atoms with Crippen molar-refractivity contribution in [2.45, 2.75) is 31.3 Å². The van der Waals surface area contributed by atoms with Crippen molar-refractivity contribution in [1.29, 1.82) is 0 Å². The Morgan fingerprint density at radius 2 is 1.64 bits per heavy atom. The number of rotatable bonds is 9. The summed E-state index contributed by atoms with van der Waals surface area (Å²) in [6.45, 7) is 1.58. The molecule has 0 aliphatic heterocycles. The second-order valence-electron chi connectivity index (χ2n) is 5.99. The smallest absolute Gasteiger partial charge is 0.339 e. The van der Waals surface area contributed by atoms with Crippen LogP contribution in [0.1, 0.15) is 34.8 Å². The van der Waals surface area contributed by atoms with Crippen LogP contribution < -0.4 is 4.72 Å². The van der Waals surface area contributed by atoms with Crippen molar-refractivity contribution in [3.05, 3.63) is 65.2 Å². The number of sulfonamides is 1. The fraction of sp³-hybridized carbons (Fsp3) is 0.300. The molecule has 150 valence electrons. The highest BCUT2D eigenvalue weighted by Crippen LogP contribution is 2.16. The molecule has 7 nitrogen and oxygen atoms in total. The van der Waals surface area contributed by atoms with Crippen molar-refractivity contribution in [3.63, 3.8) is 0 Å². The van der Waals surface area contributed by atoms with Gasteiger partial charge in [0.05, 0.1) is 17.6 Å². The summed E-state index contributed by atoms with van der Waals surface area (Å²) in [7, 11) is -2.93. The van der Waals surface area contributed by atoms with E-state index in [1.54, 1.807) is 0 Å². The summed E-state index contributed by atoms with van der Waals surface area (Å²) in [6, 6.07) is 13.2. The van der Waals surface area contributed by atoms with E-state index >= 15 is 0 Å². The van der Waals surface area contributed by atoms with Gasteiger partial charge < -0.3 is 9.47 Å². The molecule has 8 heteroatoms. The maximum atomic E-state index is 12.5. The number of hydrogen-bond donors (Lipinski definition) is 1. The molecule has 0 fully saturated rings. The molecule has 2 rings (SSSR count). The topological polar surface area (TPSA) is 98.8 Å². The lowest BCUT2D eigenvalue weighted by Crippen LogP contribution is -2.31. The molecule has 0 saturated carbocycles. The van der Waals surface area contributed by atoms with Crippen LogP contribution >= 0.6 is 0 Å². The van der Waals surface area contributed by atoms with E-state index in [0.29, 0.717) is 0 Å². The van der Waals surface area contributed by atoms with Crippen LogP contribution in [0.15, 0.2) is 53.4 Å². The normalized spacial score (nSPS) is 11.1. The molecule has 1 N–H and O–H groups in total. The van der Waals surface area contributed by atoms with Gasteiger partial charge in [0, 0.05) is 0 Å². The maximum absolute atomic E-state index is 12.5. The van der Waals surface area contributed by atoms with Crippen LogP contribution in [0.25, 0.3) is 0 Å². The summed E-state index contributed by atoms with van der Waals surface area (Å²) in [5.41, 5.74) is 1.86. The molecule has 2 aromatic rings. The molecule has 28 heavy (non-hydrogen) atoms. The van der Waals surface area contributed by atoms with Gasteiger partial charge in [-0.25, -0.2) is 13.2 Å².